The van der Waals surface area contributed by atoms with Crippen molar-refractivity contribution in [2.45, 2.75) is 58.1 Å². The number of rotatable bonds is 7. The number of nitrogens with zero attached hydrogens (tertiary/aromatic N) is 1. The van der Waals surface area contributed by atoms with Crippen LogP contribution in [-0.4, -0.2) is 49.0 Å². The van der Waals surface area contributed by atoms with Crippen LogP contribution in [0.1, 0.15) is 46.5 Å². The lowest BCUT2D eigenvalue weighted by molar-refractivity contribution is -0.205. The topological polar surface area (TPSA) is 32.7 Å². The molecule has 1 aliphatic rings. The zero-order valence-electron chi connectivity index (χ0n) is 12.1. The lowest BCUT2D eigenvalue weighted by atomic mass is 9.55. The second kappa shape index (κ2) is 5.68. The highest BCUT2D eigenvalue weighted by molar-refractivity contribution is 5.11. The lowest BCUT2D eigenvalue weighted by Crippen LogP contribution is -2.68. The first-order chi connectivity index (χ1) is 7.89. The van der Waals surface area contributed by atoms with Gasteiger partial charge in [-0.2, -0.15) is 0 Å². The normalized spacial score (nSPS) is 31.6. The third-order valence-corrected chi connectivity index (χ3v) is 4.93. The quantitative estimate of drug-likeness (QED) is 0.696. The number of aliphatic hydroxyl groups excluding tert-OH is 1. The fraction of sp³-hybridized carbons (Fsp3) is 1.00. The molecule has 17 heavy (non-hydrogen) atoms. The standard InChI is InChI=1S/C14H29NO2/c1-13(2)12(11-14(13,3)17-5)15(4)9-7-6-8-10-16/h12,16H,6-11H2,1-5H3. The van der Waals surface area contributed by atoms with Crippen molar-refractivity contribution >= 4 is 0 Å². The van der Waals surface area contributed by atoms with Crippen molar-refractivity contribution in [3.8, 4) is 0 Å². The number of hydrogen-bond acceptors (Lipinski definition) is 3. The van der Waals surface area contributed by atoms with E-state index in [4.69, 9.17) is 9.84 Å². The highest BCUT2D eigenvalue weighted by Gasteiger charge is 2.58. The summed E-state index contributed by atoms with van der Waals surface area (Å²) in [5.74, 6) is 0. The van der Waals surface area contributed by atoms with Gasteiger partial charge in [-0.1, -0.05) is 13.8 Å². The fourth-order valence-electron chi connectivity index (χ4n) is 2.97. The van der Waals surface area contributed by atoms with Gasteiger partial charge in [-0.25, -0.2) is 0 Å². The van der Waals surface area contributed by atoms with Crippen LogP contribution in [0.3, 0.4) is 0 Å². The molecule has 0 heterocycles. The molecule has 1 N–H and O–H groups in total. The molecule has 2 atom stereocenters. The maximum Gasteiger partial charge on any atom is 0.0731 e. The van der Waals surface area contributed by atoms with Crippen molar-refractivity contribution in [2.75, 3.05) is 27.3 Å². The Balaban J connectivity index is 2.37. The van der Waals surface area contributed by atoms with Crippen LogP contribution >= 0.6 is 0 Å². The van der Waals surface area contributed by atoms with E-state index >= 15 is 0 Å². The zero-order chi connectivity index (χ0) is 13.1. The number of methoxy groups -OCH3 is 1. The summed E-state index contributed by atoms with van der Waals surface area (Å²) in [6.07, 6.45) is 4.34. The molecule has 1 aliphatic carbocycles. The Kier molecular flexibility index (Phi) is 4.99. The third-order valence-electron chi connectivity index (χ3n) is 4.93. The van der Waals surface area contributed by atoms with Crippen LogP contribution < -0.4 is 0 Å². The molecule has 1 fully saturated rings. The van der Waals surface area contributed by atoms with E-state index in [1.165, 1.54) is 6.42 Å². The molecule has 102 valence electrons. The second-order valence-corrected chi connectivity index (χ2v) is 6.14. The Hall–Kier alpha value is -0.120. The first-order valence-electron chi connectivity index (χ1n) is 6.75. The van der Waals surface area contributed by atoms with Crippen LogP contribution in [0.25, 0.3) is 0 Å². The van der Waals surface area contributed by atoms with Gasteiger partial charge in [0.2, 0.25) is 0 Å². The van der Waals surface area contributed by atoms with Crippen molar-refractivity contribution < 1.29 is 9.84 Å². The van der Waals surface area contributed by atoms with E-state index in [1.807, 2.05) is 7.11 Å². The van der Waals surface area contributed by atoms with Crippen molar-refractivity contribution in [3.63, 3.8) is 0 Å². The van der Waals surface area contributed by atoms with Crippen molar-refractivity contribution in [1.29, 1.82) is 0 Å². The van der Waals surface area contributed by atoms with Crippen LogP contribution in [0.5, 0.6) is 0 Å². The zero-order valence-corrected chi connectivity index (χ0v) is 12.1. The van der Waals surface area contributed by atoms with Crippen molar-refractivity contribution in [2.24, 2.45) is 5.41 Å². The number of unbranched alkanes of at least 4 members (excludes halogenated alkanes) is 2. The summed E-state index contributed by atoms with van der Waals surface area (Å²) in [5.41, 5.74) is 0.241. The summed E-state index contributed by atoms with van der Waals surface area (Å²) in [6.45, 7) is 8.25. The number of hydrogen-bond donors (Lipinski definition) is 1. The van der Waals surface area contributed by atoms with Crippen LogP contribution in [0.15, 0.2) is 0 Å². The van der Waals surface area contributed by atoms with E-state index in [0.29, 0.717) is 12.6 Å². The highest BCUT2D eigenvalue weighted by Crippen LogP contribution is 2.53. The van der Waals surface area contributed by atoms with Crippen LogP contribution in [0.2, 0.25) is 0 Å². The maximum absolute atomic E-state index is 8.75. The van der Waals surface area contributed by atoms with Gasteiger partial charge in [0.15, 0.2) is 0 Å². The predicted molar refractivity (Wildman–Crippen MR) is 71.2 cm³/mol. The molecule has 3 nitrogen and oxygen atoms in total. The molecular weight excluding hydrogens is 214 g/mol. The van der Waals surface area contributed by atoms with E-state index in [-0.39, 0.29) is 11.0 Å². The van der Waals surface area contributed by atoms with Gasteiger partial charge in [0, 0.05) is 25.2 Å². The molecule has 0 amide bonds. The van der Waals surface area contributed by atoms with E-state index in [1.54, 1.807) is 0 Å². The van der Waals surface area contributed by atoms with Crippen LogP contribution in [-0.2, 0) is 4.74 Å². The lowest BCUT2D eigenvalue weighted by Gasteiger charge is -2.61. The highest BCUT2D eigenvalue weighted by atomic mass is 16.5. The summed E-state index contributed by atoms with van der Waals surface area (Å²) >= 11 is 0. The second-order valence-electron chi connectivity index (χ2n) is 6.14. The first-order valence-corrected chi connectivity index (χ1v) is 6.75. The average molecular weight is 243 g/mol. The fourth-order valence-corrected chi connectivity index (χ4v) is 2.97. The Morgan fingerprint density at radius 3 is 2.35 bits per heavy atom. The minimum absolute atomic E-state index is 0.0248. The van der Waals surface area contributed by atoms with E-state index in [0.717, 1.165) is 25.8 Å². The van der Waals surface area contributed by atoms with Gasteiger partial charge in [0.1, 0.15) is 0 Å². The number of ether oxygens (including phenoxy) is 1. The van der Waals surface area contributed by atoms with Crippen LogP contribution in [0.4, 0.5) is 0 Å². The molecule has 0 aliphatic heterocycles. The van der Waals surface area contributed by atoms with Crippen LogP contribution in [0, 0.1) is 5.41 Å². The first kappa shape index (κ1) is 14.9. The molecular formula is C14H29NO2. The van der Waals surface area contributed by atoms with Gasteiger partial charge in [0.05, 0.1) is 5.60 Å². The molecule has 3 heteroatoms. The molecule has 0 bridgehead atoms. The molecule has 0 aromatic carbocycles. The Morgan fingerprint density at radius 2 is 1.88 bits per heavy atom. The van der Waals surface area contributed by atoms with Crippen molar-refractivity contribution in [3.05, 3.63) is 0 Å². The van der Waals surface area contributed by atoms with E-state index in [2.05, 4.69) is 32.7 Å². The van der Waals surface area contributed by atoms with Gasteiger partial charge in [-0.05, 0) is 46.2 Å². The van der Waals surface area contributed by atoms with Gasteiger partial charge in [0.25, 0.3) is 0 Å². The Morgan fingerprint density at radius 1 is 1.24 bits per heavy atom. The summed E-state index contributed by atoms with van der Waals surface area (Å²) in [4.78, 5) is 2.46. The predicted octanol–water partition coefficient (Wildman–Crippen LogP) is 2.28. The molecule has 1 rings (SSSR count). The maximum atomic E-state index is 8.75. The van der Waals surface area contributed by atoms with E-state index in [9.17, 15) is 0 Å². The molecule has 0 aromatic heterocycles. The molecule has 0 radical (unpaired) electrons. The summed E-state index contributed by atoms with van der Waals surface area (Å²) in [6, 6.07) is 0.613. The summed E-state index contributed by atoms with van der Waals surface area (Å²) in [7, 11) is 4.03. The third kappa shape index (κ3) is 2.83. The monoisotopic (exact) mass is 243 g/mol. The Labute approximate surface area is 106 Å². The van der Waals surface area contributed by atoms with Gasteiger partial charge >= 0.3 is 0 Å². The molecule has 0 spiro atoms. The minimum atomic E-state index is 0.0248. The Bertz CT molecular complexity index is 242. The molecule has 0 saturated heterocycles. The van der Waals surface area contributed by atoms with Crippen molar-refractivity contribution in [1.82, 2.24) is 4.90 Å². The van der Waals surface area contributed by atoms with Gasteiger partial charge in [-0.15, -0.1) is 0 Å². The largest absolute Gasteiger partial charge is 0.396 e. The van der Waals surface area contributed by atoms with Gasteiger partial charge < -0.3 is 14.7 Å². The average Bonchev–Trinajstić information content (AvgIpc) is 2.30. The molecule has 2 unspecified atom stereocenters. The smallest absolute Gasteiger partial charge is 0.0731 e. The molecule has 1 saturated carbocycles. The summed E-state index contributed by atoms with van der Waals surface area (Å²) < 4.78 is 5.65. The molecule has 0 aromatic rings. The van der Waals surface area contributed by atoms with Gasteiger partial charge in [-0.3, -0.25) is 0 Å². The minimum Gasteiger partial charge on any atom is -0.396 e. The van der Waals surface area contributed by atoms with E-state index < -0.39 is 0 Å². The summed E-state index contributed by atoms with van der Waals surface area (Å²) in [5, 5.41) is 8.75. The SMILES string of the molecule is COC1(C)CC(N(C)CCCCCO)C1(C)C. The number of aliphatic hydroxyl groups is 1.